The normalized spacial score (nSPS) is 10.4. The van der Waals surface area contributed by atoms with Crippen LogP contribution >= 0.6 is 11.5 Å². The number of fused-ring (bicyclic) bond motifs is 1. The fourth-order valence-corrected chi connectivity index (χ4v) is 1.47. The van der Waals surface area contributed by atoms with Crippen LogP contribution in [-0.2, 0) is 0 Å². The molecule has 10 heavy (non-hydrogen) atoms. The summed E-state index contributed by atoms with van der Waals surface area (Å²) in [6.07, 6.45) is 3.43. The zero-order chi connectivity index (χ0) is 6.97. The highest BCUT2D eigenvalue weighted by Crippen LogP contribution is 2.20. The standard InChI is InChI=1S/C6H5N3S/c7-6-4-3-9-10-5(4)1-2-8-6/h1-3H,(H2,7,8). The molecule has 0 radical (unpaired) electrons. The van der Waals surface area contributed by atoms with Crippen LogP contribution in [0.2, 0.25) is 0 Å². The topological polar surface area (TPSA) is 51.8 Å². The Morgan fingerprint density at radius 3 is 3.20 bits per heavy atom. The number of hydrogen-bond donors (Lipinski definition) is 1. The van der Waals surface area contributed by atoms with Gasteiger partial charge in [-0.25, -0.2) is 4.98 Å². The fraction of sp³-hybridized carbons (Fsp3) is 0. The van der Waals surface area contributed by atoms with Gasteiger partial charge in [-0.2, -0.15) is 4.37 Å². The molecular formula is C6H5N3S. The molecule has 0 aliphatic rings. The Hall–Kier alpha value is -1.16. The summed E-state index contributed by atoms with van der Waals surface area (Å²) >= 11 is 1.43. The van der Waals surface area contributed by atoms with Crippen molar-refractivity contribution in [1.82, 2.24) is 9.36 Å². The maximum absolute atomic E-state index is 5.56. The lowest BCUT2D eigenvalue weighted by atomic mass is 10.3. The number of pyridine rings is 1. The van der Waals surface area contributed by atoms with Crippen LogP contribution in [0.5, 0.6) is 0 Å². The van der Waals surface area contributed by atoms with Crippen molar-refractivity contribution in [3.8, 4) is 0 Å². The summed E-state index contributed by atoms with van der Waals surface area (Å²) in [4.78, 5) is 3.92. The van der Waals surface area contributed by atoms with Crippen molar-refractivity contribution >= 4 is 27.4 Å². The Kier molecular flexibility index (Phi) is 1.07. The molecule has 3 nitrogen and oxygen atoms in total. The molecule has 0 spiro atoms. The second-order valence-electron chi connectivity index (χ2n) is 1.93. The molecule has 0 aromatic carbocycles. The van der Waals surface area contributed by atoms with Crippen molar-refractivity contribution in [2.45, 2.75) is 0 Å². The molecule has 0 saturated carbocycles. The minimum atomic E-state index is 0.561. The molecule has 2 aromatic heterocycles. The van der Waals surface area contributed by atoms with Crippen LogP contribution in [-0.4, -0.2) is 9.36 Å². The summed E-state index contributed by atoms with van der Waals surface area (Å²) in [5.41, 5.74) is 5.56. The first-order valence-electron chi connectivity index (χ1n) is 2.83. The second-order valence-corrected chi connectivity index (χ2v) is 2.77. The molecule has 2 heterocycles. The van der Waals surface area contributed by atoms with Gasteiger partial charge in [-0.1, -0.05) is 0 Å². The smallest absolute Gasteiger partial charge is 0.133 e. The summed E-state index contributed by atoms with van der Waals surface area (Å²) in [6.45, 7) is 0. The highest BCUT2D eigenvalue weighted by molar-refractivity contribution is 7.13. The maximum Gasteiger partial charge on any atom is 0.133 e. The molecule has 0 aliphatic carbocycles. The first-order valence-corrected chi connectivity index (χ1v) is 3.60. The highest BCUT2D eigenvalue weighted by atomic mass is 32.1. The van der Waals surface area contributed by atoms with E-state index in [1.54, 1.807) is 12.4 Å². The van der Waals surface area contributed by atoms with Gasteiger partial charge < -0.3 is 5.73 Å². The molecule has 0 unspecified atom stereocenters. The lowest BCUT2D eigenvalue weighted by Gasteiger charge is -1.89. The zero-order valence-corrected chi connectivity index (χ0v) is 5.93. The first kappa shape index (κ1) is 5.61. The summed E-state index contributed by atoms with van der Waals surface area (Å²) in [7, 11) is 0. The molecule has 0 amide bonds. The Balaban J connectivity index is 2.95. The van der Waals surface area contributed by atoms with Crippen molar-refractivity contribution < 1.29 is 0 Å². The van der Waals surface area contributed by atoms with E-state index in [2.05, 4.69) is 9.36 Å². The van der Waals surface area contributed by atoms with Crippen molar-refractivity contribution in [1.29, 1.82) is 0 Å². The van der Waals surface area contributed by atoms with E-state index in [0.29, 0.717) is 5.82 Å². The van der Waals surface area contributed by atoms with Crippen molar-refractivity contribution in [2.75, 3.05) is 5.73 Å². The van der Waals surface area contributed by atoms with Crippen LogP contribution in [0.4, 0.5) is 5.82 Å². The van der Waals surface area contributed by atoms with Gasteiger partial charge in [0.2, 0.25) is 0 Å². The molecule has 2 rings (SSSR count). The Morgan fingerprint density at radius 2 is 2.40 bits per heavy atom. The fourth-order valence-electron chi connectivity index (χ4n) is 0.816. The molecular weight excluding hydrogens is 146 g/mol. The van der Waals surface area contributed by atoms with Crippen LogP contribution in [0.15, 0.2) is 18.5 Å². The molecule has 0 atom stereocenters. The van der Waals surface area contributed by atoms with Crippen LogP contribution in [0.25, 0.3) is 10.1 Å². The summed E-state index contributed by atoms with van der Waals surface area (Å²) < 4.78 is 5.07. The number of rotatable bonds is 0. The van der Waals surface area contributed by atoms with Gasteiger partial charge in [0.05, 0.1) is 16.3 Å². The molecule has 4 heteroatoms. The maximum atomic E-state index is 5.56. The number of nitrogens with two attached hydrogens (primary N) is 1. The summed E-state index contributed by atoms with van der Waals surface area (Å²) in [5.74, 6) is 0.561. The lowest BCUT2D eigenvalue weighted by Crippen LogP contribution is -1.87. The number of nitrogen functional groups attached to an aromatic ring is 1. The number of aromatic nitrogens is 2. The minimum absolute atomic E-state index is 0.561. The quantitative estimate of drug-likeness (QED) is 0.617. The Morgan fingerprint density at radius 1 is 1.50 bits per heavy atom. The monoisotopic (exact) mass is 151 g/mol. The lowest BCUT2D eigenvalue weighted by molar-refractivity contribution is 1.37. The third kappa shape index (κ3) is 0.657. The van der Waals surface area contributed by atoms with E-state index < -0.39 is 0 Å². The molecule has 0 fully saturated rings. The minimum Gasteiger partial charge on any atom is -0.383 e. The number of anilines is 1. The van der Waals surface area contributed by atoms with E-state index in [1.165, 1.54) is 11.5 Å². The average Bonchev–Trinajstić information content (AvgIpc) is 2.36. The number of hydrogen-bond acceptors (Lipinski definition) is 4. The predicted octanol–water partition coefficient (Wildman–Crippen LogP) is 1.27. The Labute approximate surface area is 61.7 Å². The van der Waals surface area contributed by atoms with E-state index in [-0.39, 0.29) is 0 Å². The van der Waals surface area contributed by atoms with E-state index in [1.807, 2.05) is 6.07 Å². The van der Waals surface area contributed by atoms with Gasteiger partial charge in [-0.3, -0.25) is 0 Å². The van der Waals surface area contributed by atoms with Crippen LogP contribution < -0.4 is 5.73 Å². The van der Waals surface area contributed by atoms with E-state index in [0.717, 1.165) is 10.1 Å². The van der Waals surface area contributed by atoms with Gasteiger partial charge >= 0.3 is 0 Å². The zero-order valence-electron chi connectivity index (χ0n) is 5.11. The van der Waals surface area contributed by atoms with E-state index in [4.69, 9.17) is 5.73 Å². The van der Waals surface area contributed by atoms with Crippen LogP contribution in [0.3, 0.4) is 0 Å². The summed E-state index contributed by atoms with van der Waals surface area (Å²) in [5, 5.41) is 0.951. The van der Waals surface area contributed by atoms with E-state index in [9.17, 15) is 0 Å². The number of nitrogens with zero attached hydrogens (tertiary/aromatic N) is 2. The van der Waals surface area contributed by atoms with Crippen LogP contribution in [0, 0.1) is 0 Å². The van der Waals surface area contributed by atoms with Gasteiger partial charge in [0, 0.05) is 6.20 Å². The Bertz CT molecular complexity index is 355. The third-order valence-corrected chi connectivity index (χ3v) is 2.08. The van der Waals surface area contributed by atoms with Gasteiger partial charge in [0.15, 0.2) is 0 Å². The van der Waals surface area contributed by atoms with Gasteiger partial charge in [0.25, 0.3) is 0 Å². The molecule has 2 aromatic rings. The van der Waals surface area contributed by atoms with Crippen molar-refractivity contribution in [3.05, 3.63) is 18.5 Å². The SMILES string of the molecule is Nc1nccc2sncc12. The first-order chi connectivity index (χ1) is 4.88. The van der Waals surface area contributed by atoms with Gasteiger partial charge in [-0.15, -0.1) is 0 Å². The molecule has 0 aliphatic heterocycles. The molecule has 0 saturated heterocycles. The average molecular weight is 151 g/mol. The van der Waals surface area contributed by atoms with Crippen molar-refractivity contribution in [2.24, 2.45) is 0 Å². The molecule has 0 bridgehead atoms. The van der Waals surface area contributed by atoms with Crippen LogP contribution in [0.1, 0.15) is 0 Å². The third-order valence-electron chi connectivity index (χ3n) is 1.31. The molecule has 50 valence electrons. The summed E-state index contributed by atoms with van der Waals surface area (Å²) in [6, 6.07) is 1.91. The van der Waals surface area contributed by atoms with Gasteiger partial charge in [-0.05, 0) is 17.6 Å². The van der Waals surface area contributed by atoms with Gasteiger partial charge in [0.1, 0.15) is 5.82 Å². The predicted molar refractivity (Wildman–Crippen MR) is 41.8 cm³/mol. The van der Waals surface area contributed by atoms with Crippen molar-refractivity contribution in [3.63, 3.8) is 0 Å². The highest BCUT2D eigenvalue weighted by Gasteiger charge is 1.98. The molecule has 2 N–H and O–H groups in total. The largest absolute Gasteiger partial charge is 0.383 e. The second kappa shape index (κ2) is 1.91. The van der Waals surface area contributed by atoms with E-state index >= 15 is 0 Å².